The molecule has 0 bridgehead atoms. The molecule has 0 aliphatic heterocycles. The highest BCUT2D eigenvalue weighted by Gasteiger charge is 2.46. The van der Waals surface area contributed by atoms with E-state index in [0.29, 0.717) is 0 Å². The molecule has 0 amide bonds. The first-order valence-corrected chi connectivity index (χ1v) is 9.14. The summed E-state index contributed by atoms with van der Waals surface area (Å²) >= 11 is 0. The summed E-state index contributed by atoms with van der Waals surface area (Å²) in [6.07, 6.45) is 11.9. The van der Waals surface area contributed by atoms with Gasteiger partial charge in [-0.3, -0.25) is 0 Å². The summed E-state index contributed by atoms with van der Waals surface area (Å²) in [7, 11) is 2.34. The Morgan fingerprint density at radius 1 is 1.10 bits per heavy atom. The summed E-state index contributed by atoms with van der Waals surface area (Å²) in [6.45, 7) is 10.7. The van der Waals surface area contributed by atoms with Crippen molar-refractivity contribution in [3.05, 3.63) is 0 Å². The lowest BCUT2D eigenvalue weighted by Gasteiger charge is -2.53. The van der Waals surface area contributed by atoms with Crippen molar-refractivity contribution in [3.63, 3.8) is 0 Å². The van der Waals surface area contributed by atoms with E-state index in [9.17, 15) is 0 Å². The molecular formula is C19H37N. The Morgan fingerprint density at radius 2 is 1.70 bits per heavy atom. The van der Waals surface area contributed by atoms with Gasteiger partial charge in [-0.25, -0.2) is 0 Å². The summed E-state index contributed by atoms with van der Waals surface area (Å²) < 4.78 is 0. The van der Waals surface area contributed by atoms with E-state index in [1.165, 1.54) is 45.1 Å². The minimum atomic E-state index is 0.785. The Balaban J connectivity index is 1.70. The molecule has 2 fully saturated rings. The second kappa shape index (κ2) is 6.81. The fourth-order valence-corrected chi connectivity index (χ4v) is 4.86. The highest BCUT2D eigenvalue weighted by molar-refractivity contribution is 4.98. The van der Waals surface area contributed by atoms with Gasteiger partial charge in [0.2, 0.25) is 0 Å². The molecule has 1 unspecified atom stereocenters. The molecule has 1 atom stereocenters. The molecule has 20 heavy (non-hydrogen) atoms. The fraction of sp³-hybridized carbons (Fsp3) is 1.00. The number of nitrogens with zero attached hydrogens (tertiary/aromatic N) is 1. The van der Waals surface area contributed by atoms with Crippen molar-refractivity contribution in [1.82, 2.24) is 4.90 Å². The van der Waals surface area contributed by atoms with E-state index in [-0.39, 0.29) is 0 Å². The molecule has 2 rings (SSSR count). The molecule has 0 aromatic carbocycles. The SMILES string of the molecule is CCC(C)CC1CC2(CCC(N(C)CC(C)C)CC2)C1. The predicted octanol–water partition coefficient (Wildman–Crippen LogP) is 5.35. The zero-order chi connectivity index (χ0) is 14.8. The van der Waals surface area contributed by atoms with Gasteiger partial charge in [-0.2, -0.15) is 0 Å². The van der Waals surface area contributed by atoms with Gasteiger partial charge in [0.05, 0.1) is 0 Å². The van der Waals surface area contributed by atoms with Gasteiger partial charge in [0.1, 0.15) is 0 Å². The van der Waals surface area contributed by atoms with Crippen LogP contribution in [0.15, 0.2) is 0 Å². The van der Waals surface area contributed by atoms with Crippen LogP contribution in [0.3, 0.4) is 0 Å². The average Bonchev–Trinajstić information content (AvgIpc) is 2.36. The van der Waals surface area contributed by atoms with Crippen molar-refractivity contribution in [1.29, 1.82) is 0 Å². The predicted molar refractivity (Wildman–Crippen MR) is 89.0 cm³/mol. The Labute approximate surface area is 127 Å². The third-order valence-electron chi connectivity index (χ3n) is 6.17. The zero-order valence-electron chi connectivity index (χ0n) is 14.6. The first-order valence-electron chi connectivity index (χ1n) is 9.14. The van der Waals surface area contributed by atoms with Gasteiger partial charge < -0.3 is 4.90 Å². The number of hydrogen-bond acceptors (Lipinski definition) is 1. The highest BCUT2D eigenvalue weighted by atomic mass is 15.1. The Hall–Kier alpha value is -0.0400. The Morgan fingerprint density at radius 3 is 2.20 bits per heavy atom. The molecule has 1 nitrogen and oxygen atoms in total. The normalized spacial score (nSPS) is 35.5. The maximum Gasteiger partial charge on any atom is 0.00927 e. The van der Waals surface area contributed by atoms with Crippen LogP contribution < -0.4 is 0 Å². The summed E-state index contributed by atoms with van der Waals surface area (Å²) in [5.41, 5.74) is 0.785. The summed E-state index contributed by atoms with van der Waals surface area (Å²) in [5.74, 6) is 2.82. The van der Waals surface area contributed by atoms with Crippen LogP contribution in [0.2, 0.25) is 0 Å². The highest BCUT2D eigenvalue weighted by Crippen LogP contribution is 2.56. The average molecular weight is 280 g/mol. The number of rotatable bonds is 6. The lowest BCUT2D eigenvalue weighted by Crippen LogP contribution is -2.45. The standard InChI is InChI=1S/C19H37N/c1-6-16(4)11-17-12-19(13-17)9-7-18(8-10-19)20(5)14-15(2)3/h15-18H,6-14H2,1-5H3. The minimum Gasteiger partial charge on any atom is -0.303 e. The topological polar surface area (TPSA) is 3.24 Å². The van der Waals surface area contributed by atoms with E-state index in [1.54, 1.807) is 12.8 Å². The van der Waals surface area contributed by atoms with Crippen LogP contribution in [0, 0.1) is 23.2 Å². The molecule has 1 spiro atoms. The van der Waals surface area contributed by atoms with Crippen molar-refractivity contribution in [3.8, 4) is 0 Å². The maximum absolute atomic E-state index is 2.63. The molecule has 2 saturated carbocycles. The van der Waals surface area contributed by atoms with Crippen molar-refractivity contribution in [2.45, 2.75) is 85.1 Å². The summed E-state index contributed by atoms with van der Waals surface area (Å²) in [5, 5.41) is 0. The van der Waals surface area contributed by atoms with Crippen LogP contribution in [0.4, 0.5) is 0 Å². The van der Waals surface area contributed by atoms with Gasteiger partial charge in [-0.1, -0.05) is 34.1 Å². The summed E-state index contributed by atoms with van der Waals surface area (Å²) in [4.78, 5) is 2.63. The largest absolute Gasteiger partial charge is 0.303 e. The molecule has 1 heteroatoms. The quantitative estimate of drug-likeness (QED) is 0.633. The van der Waals surface area contributed by atoms with E-state index in [2.05, 4.69) is 39.6 Å². The Bertz CT molecular complexity index is 280. The van der Waals surface area contributed by atoms with E-state index in [4.69, 9.17) is 0 Å². The molecule has 0 saturated heterocycles. The lowest BCUT2D eigenvalue weighted by molar-refractivity contribution is -0.0183. The van der Waals surface area contributed by atoms with E-state index in [1.807, 2.05) is 0 Å². The van der Waals surface area contributed by atoms with Gasteiger partial charge >= 0.3 is 0 Å². The van der Waals surface area contributed by atoms with Crippen molar-refractivity contribution < 1.29 is 0 Å². The van der Waals surface area contributed by atoms with Crippen LogP contribution in [0.1, 0.15) is 79.1 Å². The van der Waals surface area contributed by atoms with E-state index < -0.39 is 0 Å². The van der Waals surface area contributed by atoms with E-state index >= 15 is 0 Å². The van der Waals surface area contributed by atoms with Crippen molar-refractivity contribution in [2.24, 2.45) is 23.2 Å². The molecule has 0 radical (unpaired) electrons. The van der Waals surface area contributed by atoms with Gasteiger partial charge in [0.15, 0.2) is 0 Å². The molecule has 118 valence electrons. The Kier molecular flexibility index (Phi) is 5.56. The first kappa shape index (κ1) is 16.3. The first-order chi connectivity index (χ1) is 9.44. The molecule has 0 heterocycles. The summed E-state index contributed by atoms with van der Waals surface area (Å²) in [6, 6.07) is 0.872. The van der Waals surface area contributed by atoms with Crippen LogP contribution in [-0.4, -0.2) is 24.5 Å². The smallest absolute Gasteiger partial charge is 0.00927 e. The van der Waals surface area contributed by atoms with Crippen molar-refractivity contribution >= 4 is 0 Å². The van der Waals surface area contributed by atoms with Gasteiger partial charge in [-0.05, 0) is 75.2 Å². The second-order valence-corrected chi connectivity index (χ2v) is 8.59. The van der Waals surface area contributed by atoms with Crippen LogP contribution in [0.5, 0.6) is 0 Å². The van der Waals surface area contributed by atoms with Gasteiger partial charge in [0, 0.05) is 12.6 Å². The molecular weight excluding hydrogens is 242 g/mol. The molecule has 0 N–H and O–H groups in total. The molecule has 2 aliphatic carbocycles. The molecule has 0 aromatic heterocycles. The van der Waals surface area contributed by atoms with Gasteiger partial charge in [-0.15, -0.1) is 0 Å². The van der Waals surface area contributed by atoms with Gasteiger partial charge in [0.25, 0.3) is 0 Å². The van der Waals surface area contributed by atoms with E-state index in [0.717, 1.165) is 29.2 Å². The molecule has 0 aromatic rings. The second-order valence-electron chi connectivity index (χ2n) is 8.59. The lowest BCUT2D eigenvalue weighted by atomic mass is 9.54. The van der Waals surface area contributed by atoms with Crippen LogP contribution in [0.25, 0.3) is 0 Å². The minimum absolute atomic E-state index is 0.785. The molecule has 2 aliphatic rings. The third kappa shape index (κ3) is 4.00. The maximum atomic E-state index is 2.63. The zero-order valence-corrected chi connectivity index (χ0v) is 14.6. The van der Waals surface area contributed by atoms with Crippen LogP contribution in [-0.2, 0) is 0 Å². The van der Waals surface area contributed by atoms with Crippen molar-refractivity contribution in [2.75, 3.05) is 13.6 Å². The number of hydrogen-bond donors (Lipinski definition) is 0. The van der Waals surface area contributed by atoms with Crippen LogP contribution >= 0.6 is 0 Å². The monoisotopic (exact) mass is 279 g/mol. The fourth-order valence-electron chi connectivity index (χ4n) is 4.86. The third-order valence-corrected chi connectivity index (χ3v) is 6.17.